The van der Waals surface area contributed by atoms with Gasteiger partial charge in [-0.15, -0.1) is 0 Å². The SMILES string of the molecule is C[C@@H]1[C@@H](O[Si](C)(C)C(C)(C)C)C[C@]2(O[Si](C)(C)C(C)(C)C)[C@H](O)C#C/C=C\C#CC[C@@H]12. The Balaban J connectivity index is 2.57. The zero-order chi connectivity index (χ0) is 23.9. The van der Waals surface area contributed by atoms with E-state index in [0.29, 0.717) is 12.8 Å². The van der Waals surface area contributed by atoms with Crippen molar-refractivity contribution in [3.8, 4) is 23.7 Å². The maximum atomic E-state index is 11.5. The Kier molecular flexibility index (Phi) is 7.54. The molecule has 31 heavy (non-hydrogen) atoms. The summed E-state index contributed by atoms with van der Waals surface area (Å²) in [6.07, 6.45) is 3.99. The van der Waals surface area contributed by atoms with Crippen molar-refractivity contribution < 1.29 is 14.0 Å². The van der Waals surface area contributed by atoms with E-state index in [-0.39, 0.29) is 28.0 Å². The van der Waals surface area contributed by atoms with Gasteiger partial charge in [0.25, 0.3) is 0 Å². The Labute approximate surface area is 193 Å². The van der Waals surface area contributed by atoms with Gasteiger partial charge in [0.1, 0.15) is 6.10 Å². The van der Waals surface area contributed by atoms with Crippen molar-refractivity contribution in [2.24, 2.45) is 11.8 Å². The summed E-state index contributed by atoms with van der Waals surface area (Å²) < 4.78 is 14.1. The molecule has 0 aromatic carbocycles. The first-order chi connectivity index (χ1) is 13.9. The fraction of sp³-hybridized carbons (Fsp3) is 0.769. The molecule has 5 heteroatoms. The molecule has 0 aromatic heterocycles. The van der Waals surface area contributed by atoms with E-state index in [1.54, 1.807) is 12.2 Å². The highest BCUT2D eigenvalue weighted by atomic mass is 28.4. The summed E-state index contributed by atoms with van der Waals surface area (Å²) in [7, 11) is -4.17. The molecule has 2 aliphatic rings. The van der Waals surface area contributed by atoms with Crippen molar-refractivity contribution in [2.45, 2.75) is 115 Å². The normalized spacial score (nSPS) is 32.9. The fourth-order valence-corrected chi connectivity index (χ4v) is 7.11. The Hall–Kier alpha value is -0.826. The average molecular weight is 461 g/mol. The van der Waals surface area contributed by atoms with Gasteiger partial charge < -0.3 is 14.0 Å². The fourth-order valence-electron chi connectivity index (χ4n) is 4.09. The quantitative estimate of drug-likeness (QED) is 0.406. The number of hydrogen-bond donors (Lipinski definition) is 1. The van der Waals surface area contributed by atoms with Crippen LogP contribution in [0.4, 0.5) is 0 Å². The Morgan fingerprint density at radius 2 is 1.48 bits per heavy atom. The molecule has 0 spiro atoms. The van der Waals surface area contributed by atoms with E-state index in [1.807, 2.05) is 0 Å². The van der Waals surface area contributed by atoms with Crippen molar-refractivity contribution in [3.05, 3.63) is 12.2 Å². The van der Waals surface area contributed by atoms with Crippen LogP contribution in [-0.2, 0) is 8.85 Å². The second-order valence-electron chi connectivity index (χ2n) is 12.5. The van der Waals surface area contributed by atoms with Gasteiger partial charge in [0.15, 0.2) is 16.6 Å². The number of rotatable bonds is 4. The molecule has 1 saturated carbocycles. The Morgan fingerprint density at radius 1 is 0.935 bits per heavy atom. The molecule has 0 aromatic rings. The third-order valence-electron chi connectivity index (χ3n) is 8.23. The van der Waals surface area contributed by atoms with Crippen LogP contribution >= 0.6 is 0 Å². The Bertz CT molecular complexity index is 808. The van der Waals surface area contributed by atoms with Crippen molar-refractivity contribution >= 4 is 16.6 Å². The zero-order valence-electron chi connectivity index (χ0n) is 21.6. The van der Waals surface area contributed by atoms with E-state index < -0.39 is 28.3 Å². The van der Waals surface area contributed by atoms with Gasteiger partial charge in [-0.3, -0.25) is 0 Å². The summed E-state index contributed by atoms with van der Waals surface area (Å²) in [6.45, 7) is 24.9. The minimum Gasteiger partial charge on any atom is -0.414 e. The van der Waals surface area contributed by atoms with Gasteiger partial charge in [-0.05, 0) is 54.3 Å². The average Bonchev–Trinajstić information content (AvgIpc) is 2.83. The Morgan fingerprint density at radius 3 is 2.03 bits per heavy atom. The van der Waals surface area contributed by atoms with Crippen molar-refractivity contribution in [1.82, 2.24) is 0 Å². The molecule has 0 unspecified atom stereocenters. The lowest BCUT2D eigenvalue weighted by atomic mass is 9.80. The molecule has 2 aliphatic carbocycles. The summed E-state index contributed by atoms with van der Waals surface area (Å²) in [6, 6.07) is 0. The third kappa shape index (κ3) is 5.40. The first kappa shape index (κ1) is 26.4. The molecule has 0 radical (unpaired) electrons. The van der Waals surface area contributed by atoms with E-state index in [4.69, 9.17) is 8.85 Å². The molecule has 5 atom stereocenters. The van der Waals surface area contributed by atoms with Crippen LogP contribution in [0.1, 0.15) is 61.3 Å². The van der Waals surface area contributed by atoms with Crippen LogP contribution in [-0.4, -0.2) is 39.6 Å². The van der Waals surface area contributed by atoms with Gasteiger partial charge in [0, 0.05) is 18.8 Å². The number of hydrogen-bond acceptors (Lipinski definition) is 3. The molecule has 0 bridgehead atoms. The summed E-state index contributed by atoms with van der Waals surface area (Å²) in [5, 5.41) is 11.6. The number of allylic oxidation sites excluding steroid dienone is 2. The zero-order valence-corrected chi connectivity index (χ0v) is 23.6. The monoisotopic (exact) mass is 460 g/mol. The molecule has 0 aliphatic heterocycles. The van der Waals surface area contributed by atoms with Crippen molar-refractivity contribution in [1.29, 1.82) is 0 Å². The highest BCUT2D eigenvalue weighted by molar-refractivity contribution is 6.74. The third-order valence-corrected chi connectivity index (χ3v) is 17.2. The smallest absolute Gasteiger partial charge is 0.193 e. The van der Waals surface area contributed by atoms with E-state index >= 15 is 0 Å². The minimum atomic E-state index is -2.19. The predicted octanol–water partition coefficient (Wildman–Crippen LogP) is 6.12. The van der Waals surface area contributed by atoms with Gasteiger partial charge in [0.05, 0.1) is 11.7 Å². The first-order valence-corrected chi connectivity index (χ1v) is 17.5. The van der Waals surface area contributed by atoms with Gasteiger partial charge >= 0.3 is 0 Å². The van der Waals surface area contributed by atoms with Gasteiger partial charge in [-0.2, -0.15) is 0 Å². The van der Waals surface area contributed by atoms with Crippen molar-refractivity contribution in [2.75, 3.05) is 0 Å². The molecule has 1 N–H and O–H groups in total. The maximum absolute atomic E-state index is 11.5. The number of aliphatic hydroxyl groups is 1. The first-order valence-electron chi connectivity index (χ1n) is 11.7. The minimum absolute atomic E-state index is 0.0297. The van der Waals surface area contributed by atoms with Gasteiger partial charge in [-0.1, -0.05) is 72.1 Å². The highest BCUT2D eigenvalue weighted by Crippen LogP contribution is 2.53. The van der Waals surface area contributed by atoms with Crippen LogP contribution in [0, 0.1) is 35.5 Å². The van der Waals surface area contributed by atoms with Crippen molar-refractivity contribution in [3.63, 3.8) is 0 Å². The largest absolute Gasteiger partial charge is 0.414 e. The molecule has 0 heterocycles. The molecule has 2 rings (SSSR count). The van der Waals surface area contributed by atoms with Crippen LogP contribution in [0.15, 0.2) is 12.2 Å². The lowest BCUT2D eigenvalue weighted by molar-refractivity contribution is -0.0692. The van der Waals surface area contributed by atoms with Gasteiger partial charge in [-0.25, -0.2) is 0 Å². The summed E-state index contributed by atoms with van der Waals surface area (Å²) >= 11 is 0. The molecule has 3 nitrogen and oxygen atoms in total. The van der Waals surface area contributed by atoms with Crippen LogP contribution in [0.5, 0.6) is 0 Å². The molecular formula is C26H44O3Si2. The molecule has 174 valence electrons. The van der Waals surface area contributed by atoms with E-state index in [9.17, 15) is 5.11 Å². The standard InChI is InChI=1S/C26H44O3Si2/c1-20-21-17-15-13-12-14-16-18-23(27)26(21,29-31(10,11)25(5,6)7)19-22(20)28-30(8,9)24(2,3)4/h12,14,20-23,27H,17,19H2,1-11H3/b14-12-/t20-,21-,22-,23+,26+/m0/s1. The van der Waals surface area contributed by atoms with E-state index in [0.717, 1.165) is 0 Å². The van der Waals surface area contributed by atoms with E-state index in [2.05, 4.69) is 98.3 Å². The van der Waals surface area contributed by atoms with Crippen LogP contribution < -0.4 is 0 Å². The van der Waals surface area contributed by atoms with Crippen LogP contribution in [0.25, 0.3) is 0 Å². The lowest BCUT2D eigenvalue weighted by Gasteiger charge is -2.48. The van der Waals surface area contributed by atoms with Gasteiger partial charge in [0.2, 0.25) is 0 Å². The lowest BCUT2D eigenvalue weighted by Crippen LogP contribution is -2.57. The number of aliphatic hydroxyl groups excluding tert-OH is 1. The topological polar surface area (TPSA) is 38.7 Å². The second kappa shape index (κ2) is 8.84. The molecule has 0 saturated heterocycles. The second-order valence-corrected chi connectivity index (χ2v) is 21.9. The molecule has 0 amide bonds. The maximum Gasteiger partial charge on any atom is 0.193 e. The predicted molar refractivity (Wildman–Crippen MR) is 136 cm³/mol. The summed E-state index contributed by atoms with van der Waals surface area (Å²) in [4.78, 5) is 0. The number of fused-ring (bicyclic) bond motifs is 1. The van der Waals surface area contributed by atoms with Crippen LogP contribution in [0.2, 0.25) is 36.3 Å². The summed E-state index contributed by atoms with van der Waals surface area (Å²) in [5.74, 6) is 12.8. The summed E-state index contributed by atoms with van der Waals surface area (Å²) in [5.41, 5.74) is -0.762. The van der Waals surface area contributed by atoms with E-state index in [1.165, 1.54) is 0 Å². The van der Waals surface area contributed by atoms with Crippen LogP contribution in [0.3, 0.4) is 0 Å². The molecule has 1 fully saturated rings. The molecular weight excluding hydrogens is 416 g/mol. The highest BCUT2D eigenvalue weighted by Gasteiger charge is 2.60.